The number of carboxylic acids is 1. The molecule has 1 saturated heterocycles. The molecule has 0 aromatic rings. The Hall–Kier alpha value is -1.17. The summed E-state index contributed by atoms with van der Waals surface area (Å²) in [7, 11) is 0. The SMILES string of the molecule is CC(C)C1NC(=S)N(CC(=O)O)C1=O. The molecule has 0 aliphatic carbocycles. The largest absolute Gasteiger partial charge is 0.480 e. The second-order valence-corrected chi connectivity index (χ2v) is 3.88. The summed E-state index contributed by atoms with van der Waals surface area (Å²) in [5.74, 6) is -1.22. The van der Waals surface area contributed by atoms with E-state index in [2.05, 4.69) is 5.32 Å². The Morgan fingerprint density at radius 3 is 2.64 bits per heavy atom. The van der Waals surface area contributed by atoms with Gasteiger partial charge in [-0.25, -0.2) is 0 Å². The van der Waals surface area contributed by atoms with E-state index in [-0.39, 0.29) is 29.5 Å². The van der Waals surface area contributed by atoms with E-state index in [0.29, 0.717) is 0 Å². The molecule has 1 aliphatic rings. The number of nitrogens with one attached hydrogen (secondary N) is 1. The first-order valence-corrected chi connectivity index (χ1v) is 4.68. The van der Waals surface area contributed by atoms with Crippen molar-refractivity contribution in [3.63, 3.8) is 0 Å². The van der Waals surface area contributed by atoms with Gasteiger partial charge >= 0.3 is 5.97 Å². The van der Waals surface area contributed by atoms with Crippen molar-refractivity contribution in [1.82, 2.24) is 10.2 Å². The van der Waals surface area contributed by atoms with Crippen LogP contribution in [0.3, 0.4) is 0 Å². The normalized spacial score (nSPS) is 21.6. The summed E-state index contributed by atoms with van der Waals surface area (Å²) in [5, 5.41) is 11.6. The van der Waals surface area contributed by atoms with Crippen molar-refractivity contribution in [3.05, 3.63) is 0 Å². The zero-order valence-corrected chi connectivity index (χ0v) is 8.80. The highest BCUT2D eigenvalue weighted by atomic mass is 32.1. The average Bonchev–Trinajstić information content (AvgIpc) is 2.31. The maximum absolute atomic E-state index is 11.6. The van der Waals surface area contributed by atoms with Gasteiger partial charge in [0.25, 0.3) is 5.91 Å². The van der Waals surface area contributed by atoms with E-state index >= 15 is 0 Å². The smallest absolute Gasteiger partial charge is 0.323 e. The Kier molecular flexibility index (Phi) is 3.05. The van der Waals surface area contributed by atoms with E-state index < -0.39 is 5.97 Å². The summed E-state index contributed by atoms with van der Waals surface area (Å²) in [6, 6.07) is -0.387. The lowest BCUT2D eigenvalue weighted by Crippen LogP contribution is -2.37. The fraction of sp³-hybridized carbons (Fsp3) is 0.625. The third-order valence-electron chi connectivity index (χ3n) is 2.02. The predicted molar refractivity (Wildman–Crippen MR) is 53.7 cm³/mol. The highest BCUT2D eigenvalue weighted by Crippen LogP contribution is 2.13. The number of rotatable bonds is 3. The molecular weight excluding hydrogens is 204 g/mol. The lowest BCUT2D eigenvalue weighted by Gasteiger charge is -2.12. The summed E-state index contributed by atoms with van der Waals surface area (Å²) in [6.07, 6.45) is 0. The van der Waals surface area contributed by atoms with Crippen LogP contribution in [0.15, 0.2) is 0 Å². The van der Waals surface area contributed by atoms with Gasteiger partial charge in [-0.1, -0.05) is 13.8 Å². The van der Waals surface area contributed by atoms with Gasteiger partial charge in [-0.3, -0.25) is 14.5 Å². The Balaban J connectivity index is 2.75. The molecule has 14 heavy (non-hydrogen) atoms. The Bertz CT molecular complexity index is 290. The van der Waals surface area contributed by atoms with E-state index in [1.165, 1.54) is 0 Å². The molecule has 0 saturated carbocycles. The highest BCUT2D eigenvalue weighted by molar-refractivity contribution is 7.80. The van der Waals surface area contributed by atoms with E-state index in [1.807, 2.05) is 13.8 Å². The van der Waals surface area contributed by atoms with Crippen molar-refractivity contribution in [2.24, 2.45) is 5.92 Å². The molecule has 78 valence electrons. The molecule has 1 heterocycles. The van der Waals surface area contributed by atoms with Gasteiger partial charge in [0.05, 0.1) is 0 Å². The highest BCUT2D eigenvalue weighted by Gasteiger charge is 2.37. The van der Waals surface area contributed by atoms with E-state index in [9.17, 15) is 9.59 Å². The Morgan fingerprint density at radius 1 is 1.71 bits per heavy atom. The fourth-order valence-corrected chi connectivity index (χ4v) is 1.56. The Morgan fingerprint density at radius 2 is 2.29 bits per heavy atom. The minimum Gasteiger partial charge on any atom is -0.480 e. The van der Waals surface area contributed by atoms with Gasteiger partial charge in [-0.05, 0) is 18.1 Å². The topological polar surface area (TPSA) is 69.6 Å². The van der Waals surface area contributed by atoms with Crippen molar-refractivity contribution < 1.29 is 14.7 Å². The zero-order valence-electron chi connectivity index (χ0n) is 7.98. The molecule has 1 aliphatic heterocycles. The summed E-state index contributed by atoms with van der Waals surface area (Å²) >= 11 is 4.86. The number of nitrogens with zero attached hydrogens (tertiary/aromatic N) is 1. The number of hydrogen-bond acceptors (Lipinski definition) is 3. The van der Waals surface area contributed by atoms with Crippen LogP contribution in [-0.2, 0) is 9.59 Å². The van der Waals surface area contributed by atoms with Crippen LogP contribution in [0.2, 0.25) is 0 Å². The maximum Gasteiger partial charge on any atom is 0.323 e. The molecule has 0 spiro atoms. The minimum absolute atomic E-state index is 0.0965. The minimum atomic E-state index is -1.06. The van der Waals surface area contributed by atoms with Crippen molar-refractivity contribution in [2.45, 2.75) is 19.9 Å². The van der Waals surface area contributed by atoms with Crippen LogP contribution in [0.25, 0.3) is 0 Å². The molecule has 1 amide bonds. The Labute approximate surface area is 87.1 Å². The second-order valence-electron chi connectivity index (χ2n) is 3.49. The molecule has 1 unspecified atom stereocenters. The third-order valence-corrected chi connectivity index (χ3v) is 2.35. The van der Waals surface area contributed by atoms with Gasteiger partial charge in [0.1, 0.15) is 12.6 Å². The summed E-state index contributed by atoms with van der Waals surface area (Å²) in [6.45, 7) is 3.39. The van der Waals surface area contributed by atoms with Gasteiger partial charge in [-0.2, -0.15) is 0 Å². The van der Waals surface area contributed by atoms with Gasteiger partial charge < -0.3 is 10.4 Å². The van der Waals surface area contributed by atoms with Gasteiger partial charge in [0.15, 0.2) is 5.11 Å². The molecule has 1 atom stereocenters. The molecule has 5 nitrogen and oxygen atoms in total. The van der Waals surface area contributed by atoms with Gasteiger partial charge in [0.2, 0.25) is 0 Å². The number of thiocarbonyl (C=S) groups is 1. The van der Waals surface area contributed by atoms with Gasteiger partial charge in [-0.15, -0.1) is 0 Å². The first-order valence-electron chi connectivity index (χ1n) is 4.27. The summed E-state index contributed by atoms with van der Waals surface area (Å²) in [5.41, 5.74) is 0. The molecule has 0 aromatic carbocycles. The van der Waals surface area contributed by atoms with Crippen LogP contribution >= 0.6 is 12.2 Å². The summed E-state index contributed by atoms with van der Waals surface area (Å²) < 4.78 is 0. The number of carbonyl (C=O) groups excluding carboxylic acids is 1. The molecule has 1 rings (SSSR count). The molecule has 0 bridgehead atoms. The van der Waals surface area contributed by atoms with Gasteiger partial charge in [0, 0.05) is 0 Å². The molecule has 1 fully saturated rings. The van der Waals surface area contributed by atoms with Crippen LogP contribution in [0.4, 0.5) is 0 Å². The van der Waals surface area contributed by atoms with Crippen molar-refractivity contribution in [3.8, 4) is 0 Å². The van der Waals surface area contributed by atoms with Crippen molar-refractivity contribution in [2.75, 3.05) is 6.54 Å². The molecule has 6 heteroatoms. The standard InChI is InChI=1S/C8H12N2O3S/c1-4(2)6-7(13)10(3-5(11)12)8(14)9-6/h4,6H,3H2,1-2H3,(H,9,14)(H,11,12). The van der Waals surface area contributed by atoms with Crippen LogP contribution < -0.4 is 5.32 Å². The lowest BCUT2D eigenvalue weighted by molar-refractivity contribution is -0.141. The van der Waals surface area contributed by atoms with E-state index in [4.69, 9.17) is 17.3 Å². The maximum atomic E-state index is 11.6. The number of aliphatic carboxylic acids is 1. The molecular formula is C8H12N2O3S. The predicted octanol–water partition coefficient (Wildman–Crippen LogP) is -0.188. The van der Waals surface area contributed by atoms with Crippen molar-refractivity contribution >= 4 is 29.2 Å². The van der Waals surface area contributed by atoms with Crippen LogP contribution in [0, 0.1) is 5.92 Å². The lowest BCUT2D eigenvalue weighted by atomic mass is 10.1. The summed E-state index contributed by atoms with van der Waals surface area (Å²) in [4.78, 5) is 23.1. The monoisotopic (exact) mass is 216 g/mol. The third kappa shape index (κ3) is 2.01. The number of carbonyl (C=O) groups is 2. The molecule has 2 N–H and O–H groups in total. The first kappa shape index (κ1) is 10.9. The van der Waals surface area contributed by atoms with Crippen LogP contribution in [0.1, 0.15) is 13.8 Å². The number of carboxylic acid groups (broad SMARTS) is 1. The van der Waals surface area contributed by atoms with Crippen LogP contribution in [-0.4, -0.2) is 39.6 Å². The van der Waals surface area contributed by atoms with Crippen LogP contribution in [0.5, 0.6) is 0 Å². The molecule has 0 aromatic heterocycles. The number of amides is 1. The molecule has 0 radical (unpaired) electrons. The van der Waals surface area contributed by atoms with E-state index in [1.54, 1.807) is 0 Å². The zero-order chi connectivity index (χ0) is 10.9. The fourth-order valence-electron chi connectivity index (χ4n) is 1.28. The second kappa shape index (κ2) is 3.91. The average molecular weight is 216 g/mol. The number of hydrogen-bond donors (Lipinski definition) is 2. The van der Waals surface area contributed by atoms with E-state index in [0.717, 1.165) is 4.90 Å². The quantitative estimate of drug-likeness (QED) is 0.640. The van der Waals surface area contributed by atoms with Crippen molar-refractivity contribution in [1.29, 1.82) is 0 Å². The first-order chi connectivity index (χ1) is 6.43.